The van der Waals surface area contributed by atoms with Crippen LogP contribution < -0.4 is 0 Å². The van der Waals surface area contributed by atoms with Crippen molar-refractivity contribution in [2.24, 2.45) is 0 Å². The highest BCUT2D eigenvalue weighted by molar-refractivity contribution is 5.94. The quantitative estimate of drug-likeness (QED) is 0.468. The summed E-state index contributed by atoms with van der Waals surface area (Å²) in [5, 5.41) is 15.4. The van der Waals surface area contributed by atoms with E-state index in [2.05, 4.69) is 5.10 Å². The van der Waals surface area contributed by atoms with Crippen molar-refractivity contribution < 1.29 is 14.1 Å². The van der Waals surface area contributed by atoms with Crippen molar-refractivity contribution >= 4 is 11.6 Å². The fourth-order valence-electron chi connectivity index (χ4n) is 3.23. The van der Waals surface area contributed by atoms with Gasteiger partial charge in [0, 0.05) is 19.2 Å². The predicted molar refractivity (Wildman–Crippen MR) is 106 cm³/mol. The Hall–Kier alpha value is -3.55. The van der Waals surface area contributed by atoms with Crippen LogP contribution in [0.15, 0.2) is 48.5 Å². The molecule has 2 aromatic carbocycles. The molecule has 0 aliphatic rings. The van der Waals surface area contributed by atoms with E-state index in [4.69, 9.17) is 0 Å². The van der Waals surface area contributed by atoms with Gasteiger partial charge in [-0.25, -0.2) is 4.39 Å². The molecule has 3 aromatic rings. The second-order valence-electron chi connectivity index (χ2n) is 6.92. The first-order chi connectivity index (χ1) is 13.8. The standard InChI is InChI=1S/C21H21FN4O3/c1-14-20(26(28)29)15(2)25(23-14)13-16-7-9-18(10-8-16)21(27)24(3)12-17-5-4-6-19(22)11-17/h4-11H,12-13H2,1-3H3. The highest BCUT2D eigenvalue weighted by Crippen LogP contribution is 2.22. The molecule has 0 bridgehead atoms. The van der Waals surface area contributed by atoms with Crippen LogP contribution in [0.3, 0.4) is 0 Å². The summed E-state index contributed by atoms with van der Waals surface area (Å²) in [6, 6.07) is 13.2. The normalized spacial score (nSPS) is 10.8. The van der Waals surface area contributed by atoms with Crippen molar-refractivity contribution in [1.29, 1.82) is 0 Å². The van der Waals surface area contributed by atoms with Crippen molar-refractivity contribution in [2.45, 2.75) is 26.9 Å². The molecule has 0 unspecified atom stereocenters. The van der Waals surface area contributed by atoms with Gasteiger partial charge < -0.3 is 4.90 Å². The van der Waals surface area contributed by atoms with Gasteiger partial charge in [-0.05, 0) is 49.2 Å². The van der Waals surface area contributed by atoms with Crippen molar-refractivity contribution in [1.82, 2.24) is 14.7 Å². The van der Waals surface area contributed by atoms with E-state index in [1.54, 1.807) is 62.0 Å². The van der Waals surface area contributed by atoms with Crippen LogP contribution in [0.1, 0.15) is 32.9 Å². The van der Waals surface area contributed by atoms with Gasteiger partial charge in [0.15, 0.2) is 0 Å². The van der Waals surface area contributed by atoms with Gasteiger partial charge in [-0.1, -0.05) is 24.3 Å². The Bertz CT molecular complexity index is 1060. The Morgan fingerprint density at radius 2 is 1.86 bits per heavy atom. The molecule has 7 nitrogen and oxygen atoms in total. The number of carbonyl (C=O) groups excluding carboxylic acids is 1. The monoisotopic (exact) mass is 396 g/mol. The maximum Gasteiger partial charge on any atom is 0.312 e. The molecule has 1 amide bonds. The first-order valence-corrected chi connectivity index (χ1v) is 9.03. The van der Waals surface area contributed by atoms with Gasteiger partial charge in [0.2, 0.25) is 0 Å². The van der Waals surface area contributed by atoms with Gasteiger partial charge in [0.1, 0.15) is 17.2 Å². The van der Waals surface area contributed by atoms with E-state index in [-0.39, 0.29) is 17.4 Å². The number of benzene rings is 2. The van der Waals surface area contributed by atoms with Crippen molar-refractivity contribution in [3.63, 3.8) is 0 Å². The van der Waals surface area contributed by atoms with Crippen molar-refractivity contribution in [2.75, 3.05) is 7.05 Å². The summed E-state index contributed by atoms with van der Waals surface area (Å²) >= 11 is 0. The number of aryl methyl sites for hydroxylation is 1. The third kappa shape index (κ3) is 4.48. The summed E-state index contributed by atoms with van der Waals surface area (Å²) < 4.78 is 14.9. The molecule has 0 N–H and O–H groups in total. The predicted octanol–water partition coefficient (Wildman–Crippen LogP) is 3.87. The van der Waals surface area contributed by atoms with Crippen LogP contribution in [0.5, 0.6) is 0 Å². The molecule has 0 atom stereocenters. The zero-order valence-electron chi connectivity index (χ0n) is 16.4. The zero-order chi connectivity index (χ0) is 21.1. The first-order valence-electron chi connectivity index (χ1n) is 9.03. The second-order valence-corrected chi connectivity index (χ2v) is 6.92. The number of amides is 1. The zero-order valence-corrected chi connectivity index (χ0v) is 16.4. The fraction of sp³-hybridized carbons (Fsp3) is 0.238. The average Bonchev–Trinajstić information content (AvgIpc) is 2.95. The van der Waals surface area contributed by atoms with E-state index in [9.17, 15) is 19.3 Å². The van der Waals surface area contributed by atoms with Gasteiger partial charge in [-0.15, -0.1) is 0 Å². The van der Waals surface area contributed by atoms with E-state index in [0.717, 1.165) is 5.56 Å². The number of hydrogen-bond donors (Lipinski definition) is 0. The van der Waals surface area contributed by atoms with Gasteiger partial charge >= 0.3 is 5.69 Å². The molecule has 29 heavy (non-hydrogen) atoms. The SMILES string of the molecule is Cc1nn(Cc2ccc(C(=O)N(C)Cc3cccc(F)c3)cc2)c(C)c1[N+](=O)[O-]. The van der Waals surface area contributed by atoms with Crippen LogP contribution in [0, 0.1) is 29.8 Å². The molecule has 0 spiro atoms. The topological polar surface area (TPSA) is 81.3 Å². The highest BCUT2D eigenvalue weighted by atomic mass is 19.1. The molecule has 150 valence electrons. The molecule has 3 rings (SSSR count). The molecule has 0 aliphatic carbocycles. The van der Waals surface area contributed by atoms with E-state index in [1.165, 1.54) is 17.0 Å². The lowest BCUT2D eigenvalue weighted by Crippen LogP contribution is -2.26. The lowest BCUT2D eigenvalue weighted by Gasteiger charge is -2.17. The van der Waals surface area contributed by atoms with Crippen LogP contribution in [0.2, 0.25) is 0 Å². The number of hydrogen-bond acceptors (Lipinski definition) is 4. The maximum atomic E-state index is 13.3. The van der Waals surface area contributed by atoms with Crippen LogP contribution in [0.25, 0.3) is 0 Å². The number of halogens is 1. The van der Waals surface area contributed by atoms with E-state index >= 15 is 0 Å². The molecule has 0 fully saturated rings. The number of nitro groups is 1. The van der Waals surface area contributed by atoms with Crippen LogP contribution in [-0.2, 0) is 13.1 Å². The first kappa shape index (κ1) is 20.2. The number of rotatable bonds is 6. The minimum atomic E-state index is -0.426. The van der Waals surface area contributed by atoms with Gasteiger partial charge in [0.05, 0.1) is 11.5 Å². The lowest BCUT2D eigenvalue weighted by atomic mass is 10.1. The maximum absolute atomic E-state index is 13.3. The van der Waals surface area contributed by atoms with Crippen LogP contribution >= 0.6 is 0 Å². The van der Waals surface area contributed by atoms with Crippen molar-refractivity contribution in [3.8, 4) is 0 Å². The average molecular weight is 396 g/mol. The summed E-state index contributed by atoms with van der Waals surface area (Å²) in [6.45, 7) is 3.94. The second kappa shape index (κ2) is 8.22. The largest absolute Gasteiger partial charge is 0.337 e. The van der Waals surface area contributed by atoms with E-state index in [1.807, 2.05) is 0 Å². The highest BCUT2D eigenvalue weighted by Gasteiger charge is 2.21. The Kier molecular flexibility index (Phi) is 5.72. The van der Waals surface area contributed by atoms with E-state index in [0.29, 0.717) is 35.6 Å². The number of nitrogens with zero attached hydrogens (tertiary/aromatic N) is 4. The smallest absolute Gasteiger partial charge is 0.312 e. The summed E-state index contributed by atoms with van der Waals surface area (Å²) in [5.74, 6) is -0.514. The molecule has 0 radical (unpaired) electrons. The minimum absolute atomic E-state index is 0.0239. The molecular weight excluding hydrogens is 375 g/mol. The molecule has 1 heterocycles. The number of carbonyl (C=O) groups is 1. The Morgan fingerprint density at radius 3 is 2.45 bits per heavy atom. The third-order valence-electron chi connectivity index (χ3n) is 4.71. The van der Waals surface area contributed by atoms with Gasteiger partial charge in [-0.2, -0.15) is 5.10 Å². The molecule has 0 saturated heterocycles. The third-order valence-corrected chi connectivity index (χ3v) is 4.71. The summed E-state index contributed by atoms with van der Waals surface area (Å²) in [6.07, 6.45) is 0. The molecule has 1 aromatic heterocycles. The molecule has 8 heteroatoms. The molecule has 0 aliphatic heterocycles. The number of aromatic nitrogens is 2. The Morgan fingerprint density at radius 1 is 1.17 bits per heavy atom. The Labute approximate surface area is 167 Å². The molecule has 0 saturated carbocycles. The lowest BCUT2D eigenvalue weighted by molar-refractivity contribution is -0.386. The van der Waals surface area contributed by atoms with Crippen LogP contribution in [-0.4, -0.2) is 32.6 Å². The van der Waals surface area contributed by atoms with E-state index < -0.39 is 4.92 Å². The summed E-state index contributed by atoms with van der Waals surface area (Å²) in [4.78, 5) is 24.8. The fourth-order valence-corrected chi connectivity index (χ4v) is 3.23. The van der Waals surface area contributed by atoms with Crippen molar-refractivity contribution in [3.05, 3.63) is 92.5 Å². The van der Waals surface area contributed by atoms with Crippen LogP contribution in [0.4, 0.5) is 10.1 Å². The summed E-state index contributed by atoms with van der Waals surface area (Å²) in [5.41, 5.74) is 2.97. The minimum Gasteiger partial charge on any atom is -0.337 e. The van der Waals surface area contributed by atoms with Gasteiger partial charge in [-0.3, -0.25) is 19.6 Å². The Balaban J connectivity index is 1.70. The molecular formula is C21H21FN4O3. The summed E-state index contributed by atoms with van der Waals surface area (Å²) in [7, 11) is 1.66. The van der Waals surface area contributed by atoms with Gasteiger partial charge in [0.25, 0.3) is 5.91 Å².